The van der Waals surface area contributed by atoms with Crippen molar-refractivity contribution in [2.24, 2.45) is 0 Å². The van der Waals surface area contributed by atoms with Gasteiger partial charge in [0.05, 0.1) is 9.82 Å². The second-order valence-electron chi connectivity index (χ2n) is 4.18. The van der Waals surface area contributed by atoms with E-state index in [2.05, 4.69) is 0 Å². The van der Waals surface area contributed by atoms with Gasteiger partial charge in [-0.25, -0.2) is 8.42 Å². The van der Waals surface area contributed by atoms with Crippen LogP contribution in [0.15, 0.2) is 29.2 Å². The number of nitro benzene ring substituents is 1. The van der Waals surface area contributed by atoms with Gasteiger partial charge in [0.25, 0.3) is 5.69 Å². The van der Waals surface area contributed by atoms with Gasteiger partial charge in [-0.3, -0.25) is 14.9 Å². The van der Waals surface area contributed by atoms with E-state index < -0.39 is 26.2 Å². The molecule has 0 fully saturated rings. The van der Waals surface area contributed by atoms with Gasteiger partial charge in [0, 0.05) is 31.6 Å². The number of carbonyl (C=O) groups is 1. The zero-order chi connectivity index (χ0) is 15.5. The number of rotatable bonds is 6. The summed E-state index contributed by atoms with van der Waals surface area (Å²) in [6, 6.07) is 3.91. The molecule has 0 N–H and O–H groups in total. The van der Waals surface area contributed by atoms with Gasteiger partial charge < -0.3 is 0 Å². The molecule has 0 bridgehead atoms. The number of nitrogens with zero attached hydrogens (tertiary/aromatic N) is 2. The molecular formula is C11H13ClN2O5S. The average molecular weight is 321 g/mol. The number of nitro groups is 1. The van der Waals surface area contributed by atoms with Crippen LogP contribution in [-0.4, -0.2) is 36.0 Å². The van der Waals surface area contributed by atoms with Crippen molar-refractivity contribution in [1.29, 1.82) is 0 Å². The molecule has 0 amide bonds. The lowest BCUT2D eigenvalue weighted by atomic mass is 10.3. The Hall–Kier alpha value is -1.51. The van der Waals surface area contributed by atoms with E-state index in [-0.39, 0.29) is 17.0 Å². The Kier molecular flexibility index (Phi) is 5.21. The number of carbonyl (C=O) groups excluding carboxylic acids is 1. The molecule has 0 aliphatic heterocycles. The molecule has 9 heteroatoms. The third-order valence-electron chi connectivity index (χ3n) is 2.80. The molecule has 1 aromatic rings. The first-order valence-corrected chi connectivity index (χ1v) is 7.39. The standard InChI is InChI=1S/C11H13ClN2O5S/c1-8(7-11(12)15)13(2)20(18,19)10-5-3-9(4-6-10)14(16)17/h3-6,8H,7H2,1-2H3/t8-/m1/s1. The lowest BCUT2D eigenvalue weighted by Gasteiger charge is -2.23. The zero-order valence-corrected chi connectivity index (χ0v) is 12.4. The fourth-order valence-corrected chi connectivity index (χ4v) is 3.09. The van der Waals surface area contributed by atoms with Crippen LogP contribution >= 0.6 is 11.6 Å². The van der Waals surface area contributed by atoms with Crippen molar-refractivity contribution in [2.75, 3.05) is 7.05 Å². The van der Waals surface area contributed by atoms with Crippen LogP contribution in [-0.2, 0) is 14.8 Å². The van der Waals surface area contributed by atoms with Crippen molar-refractivity contribution in [3.05, 3.63) is 34.4 Å². The third-order valence-corrected chi connectivity index (χ3v) is 4.94. The van der Waals surface area contributed by atoms with E-state index >= 15 is 0 Å². The minimum absolute atomic E-state index is 0.0838. The lowest BCUT2D eigenvalue weighted by molar-refractivity contribution is -0.384. The van der Waals surface area contributed by atoms with Crippen molar-refractivity contribution in [3.8, 4) is 0 Å². The summed E-state index contributed by atoms with van der Waals surface area (Å²) >= 11 is 5.23. The summed E-state index contributed by atoms with van der Waals surface area (Å²) in [5.74, 6) is 0. The molecular weight excluding hydrogens is 308 g/mol. The molecule has 0 aliphatic rings. The molecule has 0 spiro atoms. The van der Waals surface area contributed by atoms with E-state index in [9.17, 15) is 23.3 Å². The first-order chi connectivity index (χ1) is 9.16. The topological polar surface area (TPSA) is 97.6 Å². The largest absolute Gasteiger partial charge is 0.281 e. The lowest BCUT2D eigenvalue weighted by Crippen LogP contribution is -2.35. The molecule has 20 heavy (non-hydrogen) atoms. The summed E-state index contributed by atoms with van der Waals surface area (Å²) in [5.41, 5.74) is -0.199. The fourth-order valence-electron chi connectivity index (χ4n) is 1.50. The molecule has 0 saturated heterocycles. The van der Waals surface area contributed by atoms with E-state index in [1.807, 2.05) is 0 Å². The Bertz CT molecular complexity index is 614. The van der Waals surface area contributed by atoms with Crippen molar-refractivity contribution < 1.29 is 18.1 Å². The number of halogens is 1. The molecule has 1 atom stereocenters. The number of non-ortho nitro benzene ring substituents is 1. The summed E-state index contributed by atoms with van der Waals surface area (Å²) in [4.78, 5) is 20.6. The molecule has 0 aliphatic carbocycles. The van der Waals surface area contributed by atoms with Gasteiger partial charge in [0.1, 0.15) is 0 Å². The van der Waals surface area contributed by atoms with Crippen molar-refractivity contribution in [3.63, 3.8) is 0 Å². The summed E-state index contributed by atoms with van der Waals surface area (Å²) in [6.45, 7) is 1.54. The van der Waals surface area contributed by atoms with Gasteiger partial charge in [-0.15, -0.1) is 0 Å². The van der Waals surface area contributed by atoms with Crippen LogP contribution in [0.2, 0.25) is 0 Å². The molecule has 7 nitrogen and oxygen atoms in total. The van der Waals surface area contributed by atoms with Crippen LogP contribution in [0.3, 0.4) is 0 Å². The molecule has 0 aromatic heterocycles. The third kappa shape index (κ3) is 3.75. The maximum absolute atomic E-state index is 12.2. The maximum atomic E-state index is 12.2. The van der Waals surface area contributed by atoms with Gasteiger partial charge >= 0.3 is 0 Å². The first kappa shape index (κ1) is 16.5. The van der Waals surface area contributed by atoms with Crippen LogP contribution in [0.4, 0.5) is 5.69 Å². The van der Waals surface area contributed by atoms with Crippen LogP contribution in [0.25, 0.3) is 0 Å². The minimum atomic E-state index is -3.83. The molecule has 0 unspecified atom stereocenters. The molecule has 1 aromatic carbocycles. The number of sulfonamides is 1. The maximum Gasteiger partial charge on any atom is 0.269 e. The van der Waals surface area contributed by atoms with Gasteiger partial charge in [0.2, 0.25) is 15.3 Å². The fraction of sp³-hybridized carbons (Fsp3) is 0.364. The highest BCUT2D eigenvalue weighted by Crippen LogP contribution is 2.21. The summed E-state index contributed by atoms with van der Waals surface area (Å²) in [5, 5.41) is 9.88. The Labute approximate surface area is 121 Å². The highest BCUT2D eigenvalue weighted by molar-refractivity contribution is 7.89. The van der Waals surface area contributed by atoms with Crippen LogP contribution in [0, 0.1) is 10.1 Å². The highest BCUT2D eigenvalue weighted by atomic mass is 35.5. The van der Waals surface area contributed by atoms with Gasteiger partial charge in [-0.2, -0.15) is 4.31 Å². The Morgan fingerprint density at radius 3 is 2.30 bits per heavy atom. The van der Waals surface area contributed by atoms with Crippen LogP contribution < -0.4 is 0 Å². The van der Waals surface area contributed by atoms with Crippen molar-refractivity contribution >= 4 is 32.6 Å². The second-order valence-corrected chi connectivity index (χ2v) is 6.60. The Morgan fingerprint density at radius 2 is 1.90 bits per heavy atom. The molecule has 1 rings (SSSR count). The van der Waals surface area contributed by atoms with E-state index in [1.165, 1.54) is 7.05 Å². The van der Waals surface area contributed by atoms with Crippen LogP contribution in [0.1, 0.15) is 13.3 Å². The van der Waals surface area contributed by atoms with E-state index in [4.69, 9.17) is 11.6 Å². The summed E-state index contributed by atoms with van der Waals surface area (Å²) < 4.78 is 25.5. The Balaban J connectivity index is 3.03. The van der Waals surface area contributed by atoms with E-state index in [0.29, 0.717) is 0 Å². The monoisotopic (exact) mass is 320 g/mol. The normalized spacial score (nSPS) is 13.2. The SMILES string of the molecule is C[C@H](CC(=O)Cl)N(C)S(=O)(=O)c1ccc([N+](=O)[O-])cc1. The minimum Gasteiger partial charge on any atom is -0.281 e. The predicted molar refractivity (Wildman–Crippen MR) is 73.0 cm³/mol. The quantitative estimate of drug-likeness (QED) is 0.452. The van der Waals surface area contributed by atoms with Gasteiger partial charge in [0.15, 0.2) is 0 Å². The molecule has 0 saturated carbocycles. The van der Waals surface area contributed by atoms with Crippen molar-refractivity contribution in [2.45, 2.75) is 24.3 Å². The predicted octanol–water partition coefficient (Wildman–Crippen LogP) is 1.76. The summed E-state index contributed by atoms with van der Waals surface area (Å²) in [7, 11) is -2.51. The number of hydrogen-bond donors (Lipinski definition) is 0. The van der Waals surface area contributed by atoms with Crippen molar-refractivity contribution in [1.82, 2.24) is 4.31 Å². The molecule has 110 valence electrons. The van der Waals surface area contributed by atoms with Gasteiger partial charge in [-0.1, -0.05) is 0 Å². The number of hydrogen-bond acceptors (Lipinski definition) is 5. The zero-order valence-electron chi connectivity index (χ0n) is 10.8. The average Bonchev–Trinajstić information content (AvgIpc) is 2.37. The van der Waals surface area contributed by atoms with Crippen LogP contribution in [0.5, 0.6) is 0 Å². The number of benzene rings is 1. The smallest absolute Gasteiger partial charge is 0.269 e. The second kappa shape index (κ2) is 6.29. The highest BCUT2D eigenvalue weighted by Gasteiger charge is 2.26. The van der Waals surface area contributed by atoms with E-state index in [1.54, 1.807) is 6.92 Å². The molecule has 0 heterocycles. The molecule has 0 radical (unpaired) electrons. The first-order valence-electron chi connectivity index (χ1n) is 5.57. The van der Waals surface area contributed by atoms with Gasteiger partial charge in [-0.05, 0) is 30.7 Å². The summed E-state index contributed by atoms with van der Waals surface area (Å²) in [6.07, 6.45) is -0.121. The Morgan fingerprint density at radius 1 is 1.40 bits per heavy atom. The van der Waals surface area contributed by atoms with E-state index in [0.717, 1.165) is 28.6 Å².